The largest absolute Gasteiger partial charge is 0.478 e. The van der Waals surface area contributed by atoms with Crippen molar-refractivity contribution in [1.29, 1.82) is 0 Å². The number of alkyl halides is 3. The molecule has 0 aliphatic rings. The van der Waals surface area contributed by atoms with Crippen molar-refractivity contribution in [3.63, 3.8) is 0 Å². The lowest BCUT2D eigenvalue weighted by molar-refractivity contribution is -0.132. The van der Waals surface area contributed by atoms with Crippen LogP contribution in [0.3, 0.4) is 0 Å². The van der Waals surface area contributed by atoms with E-state index in [0.29, 0.717) is 5.02 Å². The molecule has 0 bridgehead atoms. The molecule has 1 aromatic rings. The number of hydrogen-bond donors (Lipinski definition) is 1. The average molecular weight is 299 g/mol. The molecule has 7 heteroatoms. The van der Waals surface area contributed by atoms with Crippen molar-refractivity contribution in [2.75, 3.05) is 0 Å². The molecule has 0 heterocycles. The summed E-state index contributed by atoms with van der Waals surface area (Å²) in [7, 11) is 0. The number of halogens is 5. The highest BCUT2D eigenvalue weighted by atomic mass is 35.5. The maximum Gasteiger partial charge on any atom is 0.413 e. The first-order valence-electron chi connectivity index (χ1n) is 4.65. The molecule has 0 atom stereocenters. The molecule has 0 aromatic heterocycles. The lowest BCUT2D eigenvalue weighted by Gasteiger charge is -2.12. The predicted molar refractivity (Wildman–Crippen MR) is 61.9 cm³/mol. The van der Waals surface area contributed by atoms with Gasteiger partial charge in [-0.05, 0) is 17.7 Å². The quantitative estimate of drug-likeness (QED) is 0.853. The summed E-state index contributed by atoms with van der Waals surface area (Å²) in [4.78, 5) is 10.4. The molecule has 0 unspecified atom stereocenters. The first kappa shape index (κ1) is 14.9. The van der Waals surface area contributed by atoms with Crippen molar-refractivity contribution in [1.82, 2.24) is 0 Å². The van der Waals surface area contributed by atoms with E-state index in [-0.39, 0.29) is 16.7 Å². The van der Waals surface area contributed by atoms with Crippen LogP contribution in [0.15, 0.2) is 29.8 Å². The van der Waals surface area contributed by atoms with Crippen LogP contribution in [-0.2, 0) is 11.2 Å². The minimum atomic E-state index is -4.72. The van der Waals surface area contributed by atoms with E-state index < -0.39 is 24.1 Å². The monoisotopic (exact) mass is 298 g/mol. The summed E-state index contributed by atoms with van der Waals surface area (Å²) in [5, 5.41) is 8.76. The van der Waals surface area contributed by atoms with Gasteiger partial charge in [0.1, 0.15) is 0 Å². The van der Waals surface area contributed by atoms with Crippen LogP contribution in [0, 0.1) is 0 Å². The van der Waals surface area contributed by atoms with Crippen LogP contribution < -0.4 is 0 Å². The summed E-state index contributed by atoms with van der Waals surface area (Å²) in [6, 6.07) is 4.01. The molecule has 1 aromatic carbocycles. The molecular weight excluding hydrogens is 292 g/mol. The van der Waals surface area contributed by atoms with Crippen molar-refractivity contribution in [3.05, 3.63) is 45.5 Å². The van der Waals surface area contributed by atoms with E-state index in [9.17, 15) is 18.0 Å². The van der Waals surface area contributed by atoms with Gasteiger partial charge in [0.05, 0.1) is 0 Å². The van der Waals surface area contributed by atoms with Gasteiger partial charge in [-0.1, -0.05) is 29.3 Å². The second kappa shape index (κ2) is 5.63. The maximum atomic E-state index is 12.6. The fourth-order valence-corrected chi connectivity index (χ4v) is 1.73. The Balaban J connectivity index is 3.08. The SMILES string of the molecule is O=C(O)/C=C(\Cc1ccc(Cl)cc1Cl)C(F)(F)F. The average Bonchev–Trinajstić information content (AvgIpc) is 2.18. The number of aliphatic carboxylic acids is 1. The van der Waals surface area contributed by atoms with Gasteiger partial charge in [-0.25, -0.2) is 4.79 Å². The van der Waals surface area contributed by atoms with Crippen LogP contribution in [0.4, 0.5) is 13.2 Å². The Labute approximate surface area is 111 Å². The van der Waals surface area contributed by atoms with Crippen molar-refractivity contribution in [2.24, 2.45) is 0 Å². The summed E-state index contributed by atoms with van der Waals surface area (Å²) in [6.07, 6.45) is -5.21. The highest BCUT2D eigenvalue weighted by Crippen LogP contribution is 2.31. The van der Waals surface area contributed by atoms with Gasteiger partial charge in [-0.15, -0.1) is 0 Å². The zero-order chi connectivity index (χ0) is 13.9. The molecule has 1 N–H and O–H groups in total. The lowest BCUT2D eigenvalue weighted by atomic mass is 10.0. The van der Waals surface area contributed by atoms with E-state index in [1.807, 2.05) is 0 Å². The summed E-state index contributed by atoms with van der Waals surface area (Å²) >= 11 is 11.3. The van der Waals surface area contributed by atoms with Crippen molar-refractivity contribution in [2.45, 2.75) is 12.6 Å². The van der Waals surface area contributed by atoms with Gasteiger partial charge in [0.2, 0.25) is 0 Å². The van der Waals surface area contributed by atoms with E-state index in [1.165, 1.54) is 18.2 Å². The normalized spacial score (nSPS) is 12.6. The van der Waals surface area contributed by atoms with Gasteiger partial charge in [-0.3, -0.25) is 0 Å². The number of carboxylic acids is 1. The van der Waals surface area contributed by atoms with Gasteiger partial charge >= 0.3 is 12.1 Å². The molecule has 0 aliphatic heterocycles. The van der Waals surface area contributed by atoms with Crippen molar-refractivity contribution >= 4 is 29.2 Å². The Morgan fingerprint density at radius 3 is 2.39 bits per heavy atom. The third-order valence-electron chi connectivity index (χ3n) is 2.06. The molecule has 2 nitrogen and oxygen atoms in total. The van der Waals surface area contributed by atoms with Gasteiger partial charge in [0.15, 0.2) is 0 Å². The predicted octanol–water partition coefficient (Wildman–Crippen LogP) is 4.11. The molecule has 0 saturated heterocycles. The number of allylic oxidation sites excluding steroid dienone is 1. The minimum absolute atomic E-state index is 0.0584. The molecule has 0 spiro atoms. The molecule has 0 fully saturated rings. The van der Waals surface area contributed by atoms with Crippen LogP contribution in [0.5, 0.6) is 0 Å². The molecule has 1 rings (SSSR count). The van der Waals surface area contributed by atoms with Crippen molar-refractivity contribution in [3.8, 4) is 0 Å². The smallest absolute Gasteiger partial charge is 0.413 e. The molecule has 0 amide bonds. The molecular formula is C11H7Cl2F3O2. The third-order valence-corrected chi connectivity index (χ3v) is 2.64. The van der Waals surface area contributed by atoms with Crippen molar-refractivity contribution < 1.29 is 23.1 Å². The molecule has 0 radical (unpaired) electrons. The Kier molecular flexibility index (Phi) is 4.65. The van der Waals surface area contributed by atoms with E-state index in [2.05, 4.69) is 0 Å². The fraction of sp³-hybridized carbons (Fsp3) is 0.182. The van der Waals surface area contributed by atoms with E-state index in [1.54, 1.807) is 0 Å². The second-order valence-electron chi connectivity index (χ2n) is 3.42. The zero-order valence-corrected chi connectivity index (χ0v) is 10.3. The van der Waals surface area contributed by atoms with Crippen LogP contribution in [0.25, 0.3) is 0 Å². The summed E-state index contributed by atoms with van der Waals surface area (Å²) in [5.74, 6) is -1.66. The van der Waals surface area contributed by atoms with E-state index in [0.717, 1.165) is 0 Å². The number of rotatable bonds is 3. The highest BCUT2D eigenvalue weighted by Gasteiger charge is 2.34. The Morgan fingerprint density at radius 2 is 1.94 bits per heavy atom. The lowest BCUT2D eigenvalue weighted by Crippen LogP contribution is -2.16. The molecule has 0 aliphatic carbocycles. The van der Waals surface area contributed by atoms with Gasteiger partial charge in [-0.2, -0.15) is 13.2 Å². The third kappa shape index (κ3) is 4.23. The summed E-state index contributed by atoms with van der Waals surface area (Å²) < 4.78 is 37.7. The first-order chi connectivity index (χ1) is 8.20. The number of hydrogen-bond acceptors (Lipinski definition) is 1. The standard InChI is InChI=1S/C11H7Cl2F3O2/c12-8-2-1-6(9(13)5-8)3-7(4-10(17)18)11(14,15)16/h1-2,4-5H,3H2,(H,17,18)/b7-4+. The number of benzene rings is 1. The zero-order valence-electron chi connectivity index (χ0n) is 8.76. The molecule has 18 heavy (non-hydrogen) atoms. The summed E-state index contributed by atoms with van der Waals surface area (Å²) in [6.45, 7) is 0. The van der Waals surface area contributed by atoms with Crippen LogP contribution in [0.2, 0.25) is 10.0 Å². The first-order valence-corrected chi connectivity index (χ1v) is 5.40. The van der Waals surface area contributed by atoms with Crippen LogP contribution in [0.1, 0.15) is 5.56 Å². The van der Waals surface area contributed by atoms with Gasteiger partial charge < -0.3 is 5.11 Å². The van der Waals surface area contributed by atoms with E-state index in [4.69, 9.17) is 28.3 Å². The molecule has 0 saturated carbocycles. The highest BCUT2D eigenvalue weighted by molar-refractivity contribution is 6.35. The Bertz CT molecular complexity index is 496. The fourth-order valence-electron chi connectivity index (χ4n) is 1.25. The number of carboxylic acid groups (broad SMARTS) is 1. The topological polar surface area (TPSA) is 37.3 Å². The van der Waals surface area contributed by atoms with Crippen LogP contribution >= 0.6 is 23.2 Å². The Hall–Kier alpha value is -1.20. The van der Waals surface area contributed by atoms with Gasteiger partial charge in [0, 0.05) is 28.1 Å². The Morgan fingerprint density at radius 1 is 1.33 bits per heavy atom. The van der Waals surface area contributed by atoms with E-state index >= 15 is 0 Å². The number of carbonyl (C=O) groups is 1. The molecule has 98 valence electrons. The maximum absolute atomic E-state index is 12.6. The van der Waals surface area contributed by atoms with Crippen LogP contribution in [-0.4, -0.2) is 17.3 Å². The minimum Gasteiger partial charge on any atom is -0.478 e. The summed E-state index contributed by atoms with van der Waals surface area (Å²) in [5.41, 5.74) is -1.02. The van der Waals surface area contributed by atoms with Gasteiger partial charge in [0.25, 0.3) is 0 Å². The second-order valence-corrected chi connectivity index (χ2v) is 4.26.